The standard InChI is InChI=1S/C19H19N/c1-14-12-19(18-9-5-4-8-17(14)18)20-11-10-15-6-2-3-7-16(15)13-20/h2-9,12,14H,10-11,13H2,1H3. The maximum absolute atomic E-state index is 2.55. The second-order valence-corrected chi connectivity index (χ2v) is 5.87. The maximum Gasteiger partial charge on any atom is 0.0432 e. The minimum Gasteiger partial charge on any atom is -0.367 e. The number of benzene rings is 2. The maximum atomic E-state index is 2.55. The SMILES string of the molecule is CC1C=C(N2CCc3ccccc3C2)c2ccccc21. The number of rotatable bonds is 1. The third kappa shape index (κ3) is 1.77. The Bertz CT molecular complexity index is 684. The molecule has 0 saturated carbocycles. The molecule has 0 saturated heterocycles. The van der Waals surface area contributed by atoms with E-state index in [0.29, 0.717) is 5.92 Å². The molecular weight excluding hydrogens is 242 g/mol. The number of nitrogens with zero attached hydrogens (tertiary/aromatic N) is 1. The van der Waals surface area contributed by atoms with E-state index in [1.54, 1.807) is 0 Å². The van der Waals surface area contributed by atoms with Gasteiger partial charge < -0.3 is 4.90 Å². The van der Waals surface area contributed by atoms with Gasteiger partial charge in [0.1, 0.15) is 0 Å². The Balaban J connectivity index is 1.69. The minimum atomic E-state index is 0.540. The highest BCUT2D eigenvalue weighted by Gasteiger charge is 2.25. The lowest BCUT2D eigenvalue weighted by Crippen LogP contribution is -2.28. The van der Waals surface area contributed by atoms with Gasteiger partial charge in [0, 0.05) is 30.3 Å². The highest BCUT2D eigenvalue weighted by molar-refractivity contribution is 5.73. The molecule has 0 bridgehead atoms. The van der Waals surface area contributed by atoms with Crippen LogP contribution in [0, 0.1) is 0 Å². The summed E-state index contributed by atoms with van der Waals surface area (Å²) >= 11 is 0. The van der Waals surface area contributed by atoms with Crippen molar-refractivity contribution in [3.8, 4) is 0 Å². The van der Waals surface area contributed by atoms with Gasteiger partial charge >= 0.3 is 0 Å². The van der Waals surface area contributed by atoms with Crippen LogP contribution in [0.4, 0.5) is 0 Å². The molecule has 2 aromatic rings. The van der Waals surface area contributed by atoms with Crippen molar-refractivity contribution >= 4 is 5.70 Å². The van der Waals surface area contributed by atoms with Crippen LogP contribution in [0.5, 0.6) is 0 Å². The Hall–Kier alpha value is -2.02. The highest BCUT2D eigenvalue weighted by atomic mass is 15.1. The van der Waals surface area contributed by atoms with Gasteiger partial charge in [-0.25, -0.2) is 0 Å². The van der Waals surface area contributed by atoms with E-state index in [1.807, 2.05) is 0 Å². The van der Waals surface area contributed by atoms with Crippen LogP contribution < -0.4 is 0 Å². The quantitative estimate of drug-likeness (QED) is 0.743. The second kappa shape index (κ2) is 4.52. The van der Waals surface area contributed by atoms with Crippen LogP contribution in [0.15, 0.2) is 54.6 Å². The molecule has 100 valence electrons. The van der Waals surface area contributed by atoms with Gasteiger partial charge in [-0.1, -0.05) is 61.5 Å². The molecule has 0 aromatic heterocycles. The van der Waals surface area contributed by atoms with Crippen molar-refractivity contribution in [3.05, 3.63) is 76.9 Å². The molecule has 1 atom stereocenters. The van der Waals surface area contributed by atoms with E-state index in [4.69, 9.17) is 0 Å². The Morgan fingerprint density at radius 3 is 2.60 bits per heavy atom. The third-order valence-electron chi connectivity index (χ3n) is 4.61. The van der Waals surface area contributed by atoms with Crippen molar-refractivity contribution in [2.75, 3.05) is 6.54 Å². The summed E-state index contributed by atoms with van der Waals surface area (Å²) in [5, 5.41) is 0. The number of allylic oxidation sites excluding steroid dienone is 1. The molecule has 0 spiro atoms. The molecule has 4 rings (SSSR count). The van der Waals surface area contributed by atoms with E-state index in [2.05, 4.69) is 66.4 Å². The number of fused-ring (bicyclic) bond motifs is 2. The summed E-state index contributed by atoms with van der Waals surface area (Å²) in [4.78, 5) is 2.55. The van der Waals surface area contributed by atoms with Crippen molar-refractivity contribution < 1.29 is 0 Å². The average molecular weight is 261 g/mol. The van der Waals surface area contributed by atoms with Crippen LogP contribution >= 0.6 is 0 Å². The lowest BCUT2D eigenvalue weighted by atomic mass is 9.98. The van der Waals surface area contributed by atoms with Gasteiger partial charge in [-0.3, -0.25) is 0 Å². The first-order valence-corrected chi connectivity index (χ1v) is 7.46. The third-order valence-corrected chi connectivity index (χ3v) is 4.61. The normalized spacial score (nSPS) is 20.4. The molecule has 1 heterocycles. The Morgan fingerprint density at radius 1 is 0.950 bits per heavy atom. The first kappa shape index (κ1) is 11.8. The van der Waals surface area contributed by atoms with Gasteiger partial charge in [0.25, 0.3) is 0 Å². The van der Waals surface area contributed by atoms with E-state index >= 15 is 0 Å². The van der Waals surface area contributed by atoms with Gasteiger partial charge in [0.15, 0.2) is 0 Å². The van der Waals surface area contributed by atoms with Crippen molar-refractivity contribution in [1.82, 2.24) is 4.90 Å². The molecule has 2 aliphatic rings. The zero-order valence-corrected chi connectivity index (χ0v) is 11.8. The van der Waals surface area contributed by atoms with E-state index in [0.717, 1.165) is 19.5 Å². The van der Waals surface area contributed by atoms with Crippen LogP contribution in [-0.4, -0.2) is 11.4 Å². The first-order chi connectivity index (χ1) is 9.83. The number of hydrogen-bond acceptors (Lipinski definition) is 1. The molecule has 0 radical (unpaired) electrons. The predicted molar refractivity (Wildman–Crippen MR) is 83.4 cm³/mol. The van der Waals surface area contributed by atoms with Gasteiger partial charge in [0.05, 0.1) is 0 Å². The summed E-state index contributed by atoms with van der Waals surface area (Å²) < 4.78 is 0. The molecule has 0 N–H and O–H groups in total. The van der Waals surface area contributed by atoms with Crippen molar-refractivity contribution in [1.29, 1.82) is 0 Å². The summed E-state index contributed by atoms with van der Waals surface area (Å²) in [7, 11) is 0. The summed E-state index contributed by atoms with van der Waals surface area (Å²) in [5.41, 5.74) is 7.34. The lowest BCUT2D eigenvalue weighted by Gasteiger charge is -2.32. The summed E-state index contributed by atoms with van der Waals surface area (Å²) in [6, 6.07) is 17.7. The summed E-state index contributed by atoms with van der Waals surface area (Å²) in [6.07, 6.45) is 3.59. The van der Waals surface area contributed by atoms with E-state index in [-0.39, 0.29) is 0 Å². The molecule has 0 amide bonds. The van der Waals surface area contributed by atoms with Crippen LogP contribution in [0.25, 0.3) is 5.70 Å². The van der Waals surface area contributed by atoms with Gasteiger partial charge in [-0.2, -0.15) is 0 Å². The summed E-state index contributed by atoms with van der Waals surface area (Å²) in [6.45, 7) is 4.47. The van der Waals surface area contributed by atoms with E-state index in [1.165, 1.54) is 28.0 Å². The Morgan fingerprint density at radius 2 is 1.70 bits per heavy atom. The number of hydrogen-bond donors (Lipinski definition) is 0. The van der Waals surface area contributed by atoms with Crippen molar-refractivity contribution in [3.63, 3.8) is 0 Å². The molecule has 1 unspecified atom stereocenters. The zero-order valence-electron chi connectivity index (χ0n) is 11.8. The minimum absolute atomic E-state index is 0.540. The molecule has 2 aromatic carbocycles. The lowest BCUT2D eigenvalue weighted by molar-refractivity contribution is 0.373. The fraction of sp³-hybridized carbons (Fsp3) is 0.263. The molecule has 1 aliphatic heterocycles. The van der Waals surface area contributed by atoms with Crippen LogP contribution in [-0.2, 0) is 13.0 Å². The van der Waals surface area contributed by atoms with Crippen molar-refractivity contribution in [2.45, 2.75) is 25.8 Å². The molecule has 0 fully saturated rings. The molecular formula is C19H19N. The monoisotopic (exact) mass is 261 g/mol. The van der Waals surface area contributed by atoms with E-state index < -0.39 is 0 Å². The molecule has 1 aliphatic carbocycles. The zero-order chi connectivity index (χ0) is 13.5. The molecule has 20 heavy (non-hydrogen) atoms. The van der Waals surface area contributed by atoms with Gasteiger partial charge in [0.2, 0.25) is 0 Å². The van der Waals surface area contributed by atoms with Crippen LogP contribution in [0.3, 0.4) is 0 Å². The summed E-state index contributed by atoms with van der Waals surface area (Å²) in [5.74, 6) is 0.540. The van der Waals surface area contributed by atoms with Crippen LogP contribution in [0.1, 0.15) is 35.1 Å². The largest absolute Gasteiger partial charge is 0.367 e. The highest BCUT2D eigenvalue weighted by Crippen LogP contribution is 2.38. The first-order valence-electron chi connectivity index (χ1n) is 7.46. The Kier molecular flexibility index (Phi) is 2.66. The molecule has 1 heteroatoms. The van der Waals surface area contributed by atoms with Crippen LogP contribution in [0.2, 0.25) is 0 Å². The smallest absolute Gasteiger partial charge is 0.0432 e. The average Bonchev–Trinajstić information content (AvgIpc) is 2.85. The van der Waals surface area contributed by atoms with Crippen molar-refractivity contribution in [2.24, 2.45) is 0 Å². The molecule has 1 nitrogen and oxygen atoms in total. The fourth-order valence-corrected chi connectivity index (χ4v) is 3.52. The van der Waals surface area contributed by atoms with Gasteiger partial charge in [-0.05, 0) is 23.1 Å². The van der Waals surface area contributed by atoms with E-state index in [9.17, 15) is 0 Å². The van der Waals surface area contributed by atoms with Gasteiger partial charge in [-0.15, -0.1) is 0 Å². The second-order valence-electron chi connectivity index (χ2n) is 5.87. The fourth-order valence-electron chi connectivity index (χ4n) is 3.52. The Labute approximate surface area is 120 Å². The predicted octanol–water partition coefficient (Wildman–Crippen LogP) is 4.20. The topological polar surface area (TPSA) is 3.24 Å².